The number of aromatic nitrogens is 1. The number of hydrogen-bond donors (Lipinski definition) is 2. The first-order chi connectivity index (χ1) is 11.5. The average molecular weight is 349 g/mol. The Morgan fingerprint density at radius 1 is 1.33 bits per heavy atom. The molecule has 0 fully saturated rings. The maximum absolute atomic E-state index is 12.1. The summed E-state index contributed by atoms with van der Waals surface area (Å²) in [7, 11) is 3.21. The Hall–Kier alpha value is -2.28. The molecule has 2 aromatic rings. The third-order valence-electron chi connectivity index (χ3n) is 3.58. The van der Waals surface area contributed by atoms with Gasteiger partial charge in [0.05, 0.1) is 31.0 Å². The molecule has 2 amide bonds. The molecule has 0 bridgehead atoms. The topological polar surface area (TPSA) is 72.5 Å². The highest BCUT2D eigenvalue weighted by molar-refractivity contribution is 7.09. The molecule has 130 valence electrons. The van der Waals surface area contributed by atoms with Crippen molar-refractivity contribution in [1.29, 1.82) is 0 Å². The van der Waals surface area contributed by atoms with E-state index in [0.717, 1.165) is 22.0 Å². The quantitative estimate of drug-likeness (QED) is 0.806. The molecule has 1 heterocycles. The van der Waals surface area contributed by atoms with Crippen LogP contribution in [-0.4, -0.2) is 31.8 Å². The van der Waals surface area contributed by atoms with Crippen LogP contribution in [0, 0.1) is 6.92 Å². The van der Waals surface area contributed by atoms with Crippen LogP contribution in [0.15, 0.2) is 23.6 Å². The van der Waals surface area contributed by atoms with Crippen molar-refractivity contribution in [2.24, 2.45) is 0 Å². The van der Waals surface area contributed by atoms with Gasteiger partial charge < -0.3 is 20.1 Å². The van der Waals surface area contributed by atoms with Crippen LogP contribution in [-0.2, 0) is 6.42 Å². The van der Waals surface area contributed by atoms with Gasteiger partial charge in [-0.25, -0.2) is 9.78 Å². The van der Waals surface area contributed by atoms with Crippen molar-refractivity contribution >= 4 is 17.4 Å². The number of nitrogens with zero attached hydrogens (tertiary/aromatic N) is 1. The number of carbonyl (C=O) groups excluding carboxylic acids is 1. The highest BCUT2D eigenvalue weighted by Gasteiger charge is 2.15. The fraction of sp³-hybridized carbons (Fsp3) is 0.412. The van der Waals surface area contributed by atoms with Crippen molar-refractivity contribution in [3.05, 3.63) is 39.8 Å². The summed E-state index contributed by atoms with van der Waals surface area (Å²) in [5, 5.41) is 8.81. The van der Waals surface area contributed by atoms with Crippen LogP contribution in [0.2, 0.25) is 0 Å². The minimum absolute atomic E-state index is 0.212. The van der Waals surface area contributed by atoms with Gasteiger partial charge in [0.1, 0.15) is 11.5 Å². The second kappa shape index (κ2) is 8.54. The van der Waals surface area contributed by atoms with Crippen molar-refractivity contribution in [2.75, 3.05) is 20.8 Å². The van der Waals surface area contributed by atoms with E-state index < -0.39 is 0 Å². The van der Waals surface area contributed by atoms with Crippen molar-refractivity contribution in [3.8, 4) is 11.5 Å². The molecule has 2 rings (SSSR count). The van der Waals surface area contributed by atoms with Crippen LogP contribution in [0.3, 0.4) is 0 Å². The lowest BCUT2D eigenvalue weighted by atomic mass is 10.1. The van der Waals surface area contributed by atoms with Gasteiger partial charge in [-0.1, -0.05) is 0 Å². The molecule has 0 radical (unpaired) electrons. The Kier molecular flexibility index (Phi) is 6.43. The number of hydrogen-bond acceptors (Lipinski definition) is 5. The highest BCUT2D eigenvalue weighted by Crippen LogP contribution is 2.29. The number of benzene rings is 1. The van der Waals surface area contributed by atoms with Crippen LogP contribution in [0.4, 0.5) is 4.79 Å². The average Bonchev–Trinajstić information content (AvgIpc) is 2.99. The second-order valence-corrected chi connectivity index (χ2v) is 6.40. The standard InChI is InChI=1S/C17H23N3O3S/c1-11(15-9-14(22-3)5-6-16(15)23-4)19-17(21)18-8-7-13-10-24-12(2)20-13/h5-6,9-11H,7-8H2,1-4H3,(H2,18,19,21)/t11-/m1/s1. The maximum Gasteiger partial charge on any atom is 0.315 e. The normalized spacial score (nSPS) is 11.7. The predicted octanol–water partition coefficient (Wildman–Crippen LogP) is 3.07. The fourth-order valence-corrected chi connectivity index (χ4v) is 2.98. The van der Waals surface area contributed by atoms with Crippen LogP contribution < -0.4 is 20.1 Å². The summed E-state index contributed by atoms with van der Waals surface area (Å²) in [4.78, 5) is 16.4. The van der Waals surface area contributed by atoms with Gasteiger partial charge in [0.25, 0.3) is 0 Å². The SMILES string of the molecule is COc1ccc(OC)c([C@@H](C)NC(=O)NCCc2csc(C)n2)c1. The monoisotopic (exact) mass is 349 g/mol. The Bertz CT molecular complexity index is 687. The summed E-state index contributed by atoms with van der Waals surface area (Å²) in [5.41, 5.74) is 1.86. The zero-order chi connectivity index (χ0) is 17.5. The van der Waals surface area contributed by atoms with Crippen molar-refractivity contribution < 1.29 is 14.3 Å². The molecule has 24 heavy (non-hydrogen) atoms. The Balaban J connectivity index is 1.88. The molecular weight excluding hydrogens is 326 g/mol. The first-order valence-electron chi connectivity index (χ1n) is 7.70. The van der Waals surface area contributed by atoms with E-state index in [4.69, 9.17) is 9.47 Å². The lowest BCUT2D eigenvalue weighted by Crippen LogP contribution is -2.38. The Morgan fingerprint density at radius 3 is 2.75 bits per heavy atom. The number of rotatable bonds is 7. The molecule has 0 spiro atoms. The van der Waals surface area contributed by atoms with Crippen LogP contribution in [0.25, 0.3) is 0 Å². The predicted molar refractivity (Wildman–Crippen MR) is 95.1 cm³/mol. The lowest BCUT2D eigenvalue weighted by molar-refractivity contribution is 0.237. The van der Waals surface area contributed by atoms with E-state index in [1.807, 2.05) is 37.4 Å². The highest BCUT2D eigenvalue weighted by atomic mass is 32.1. The van der Waals surface area contributed by atoms with E-state index in [0.29, 0.717) is 18.7 Å². The summed E-state index contributed by atoms with van der Waals surface area (Å²) in [5.74, 6) is 1.43. The largest absolute Gasteiger partial charge is 0.497 e. The summed E-state index contributed by atoms with van der Waals surface area (Å²) < 4.78 is 10.6. The Morgan fingerprint density at radius 2 is 2.12 bits per heavy atom. The van der Waals surface area contributed by atoms with Gasteiger partial charge in [-0.2, -0.15) is 0 Å². The number of thiazole rings is 1. The molecule has 0 unspecified atom stereocenters. The van der Waals surface area contributed by atoms with E-state index in [9.17, 15) is 4.79 Å². The number of urea groups is 1. The van der Waals surface area contributed by atoms with Crippen molar-refractivity contribution in [2.45, 2.75) is 26.3 Å². The minimum Gasteiger partial charge on any atom is -0.497 e. The number of methoxy groups -OCH3 is 2. The molecule has 1 aromatic heterocycles. The number of carbonyl (C=O) groups is 1. The summed E-state index contributed by atoms with van der Waals surface area (Å²) in [6.07, 6.45) is 0.717. The van der Waals surface area contributed by atoms with Gasteiger partial charge >= 0.3 is 6.03 Å². The maximum atomic E-state index is 12.1. The van der Waals surface area contributed by atoms with Crippen molar-refractivity contribution in [1.82, 2.24) is 15.6 Å². The zero-order valence-electron chi connectivity index (χ0n) is 14.4. The Labute approximate surface area is 146 Å². The second-order valence-electron chi connectivity index (χ2n) is 5.34. The molecule has 6 nitrogen and oxygen atoms in total. The van der Waals surface area contributed by atoms with Gasteiger partial charge in [-0.3, -0.25) is 0 Å². The van der Waals surface area contributed by atoms with Crippen LogP contribution in [0.1, 0.15) is 29.2 Å². The van der Waals surface area contributed by atoms with Gasteiger partial charge in [-0.05, 0) is 32.0 Å². The van der Waals surface area contributed by atoms with E-state index >= 15 is 0 Å². The van der Waals surface area contributed by atoms with E-state index in [1.165, 1.54) is 0 Å². The molecule has 0 aliphatic rings. The third-order valence-corrected chi connectivity index (χ3v) is 4.41. The fourth-order valence-electron chi connectivity index (χ4n) is 2.33. The number of aryl methyl sites for hydroxylation is 1. The minimum atomic E-state index is -0.223. The summed E-state index contributed by atoms with van der Waals surface area (Å²) >= 11 is 1.61. The van der Waals surface area contributed by atoms with Crippen LogP contribution in [0.5, 0.6) is 11.5 Å². The van der Waals surface area contributed by atoms with Gasteiger partial charge in [0.15, 0.2) is 0 Å². The van der Waals surface area contributed by atoms with Gasteiger partial charge in [-0.15, -0.1) is 11.3 Å². The molecule has 2 N–H and O–H groups in total. The molecule has 0 aliphatic heterocycles. The molecule has 0 saturated heterocycles. The molecule has 1 atom stereocenters. The molecule has 0 aliphatic carbocycles. The van der Waals surface area contributed by atoms with Gasteiger partial charge in [0, 0.05) is 23.9 Å². The number of amides is 2. The van der Waals surface area contributed by atoms with Crippen molar-refractivity contribution in [3.63, 3.8) is 0 Å². The van der Waals surface area contributed by atoms with Gasteiger partial charge in [0.2, 0.25) is 0 Å². The van der Waals surface area contributed by atoms with E-state index in [-0.39, 0.29) is 12.1 Å². The molecule has 1 aromatic carbocycles. The smallest absolute Gasteiger partial charge is 0.315 e. The third kappa shape index (κ3) is 4.86. The first kappa shape index (κ1) is 18.1. The summed E-state index contributed by atoms with van der Waals surface area (Å²) in [6, 6.07) is 5.08. The molecule has 0 saturated carbocycles. The molecular formula is C17H23N3O3S. The molecule has 7 heteroatoms. The zero-order valence-corrected chi connectivity index (χ0v) is 15.2. The summed E-state index contributed by atoms with van der Waals surface area (Å²) in [6.45, 7) is 4.41. The van der Waals surface area contributed by atoms with Crippen LogP contribution >= 0.6 is 11.3 Å². The number of ether oxygens (including phenoxy) is 2. The lowest BCUT2D eigenvalue weighted by Gasteiger charge is -2.18. The first-order valence-corrected chi connectivity index (χ1v) is 8.58. The number of nitrogens with one attached hydrogen (secondary N) is 2. The van der Waals surface area contributed by atoms with E-state index in [1.54, 1.807) is 25.6 Å². The van der Waals surface area contributed by atoms with E-state index in [2.05, 4.69) is 15.6 Å².